The average Bonchev–Trinajstić information content (AvgIpc) is 3.10. The molecule has 0 aromatic carbocycles. The number of nitrogens with zero attached hydrogens (tertiary/aromatic N) is 5. The maximum atomic E-state index is 4.85. The van der Waals surface area contributed by atoms with E-state index in [-0.39, 0.29) is 0 Å². The van der Waals surface area contributed by atoms with Gasteiger partial charge in [-0.25, -0.2) is 0 Å². The molecular weight excluding hydrogens is 432 g/mol. The molecule has 0 atom stereocenters. The molecule has 6 heteroatoms. The first-order valence-corrected chi connectivity index (χ1v) is 13.6. The third kappa shape index (κ3) is 11.8. The van der Waals surface area contributed by atoms with E-state index in [1.54, 1.807) is 0 Å². The zero-order valence-corrected chi connectivity index (χ0v) is 23.1. The summed E-state index contributed by atoms with van der Waals surface area (Å²) in [5, 5.41) is 3.69. The van der Waals surface area contributed by atoms with E-state index < -0.39 is 0 Å². The van der Waals surface area contributed by atoms with Crippen LogP contribution in [0.4, 0.5) is 17.6 Å². The van der Waals surface area contributed by atoms with Gasteiger partial charge in [-0.15, -0.1) is 0 Å². The highest BCUT2D eigenvalue weighted by molar-refractivity contribution is 5.54. The summed E-state index contributed by atoms with van der Waals surface area (Å²) in [5.74, 6) is 2.83. The van der Waals surface area contributed by atoms with Crippen LogP contribution < -0.4 is 15.1 Å². The third-order valence-corrected chi connectivity index (χ3v) is 6.46. The smallest absolute Gasteiger partial charge is 0.229 e. The number of hydrogen-bond donors (Lipinski definition) is 1. The van der Waals surface area contributed by atoms with Gasteiger partial charge < -0.3 is 20.0 Å². The van der Waals surface area contributed by atoms with Gasteiger partial charge in [0.2, 0.25) is 5.95 Å². The summed E-state index contributed by atoms with van der Waals surface area (Å²) in [7, 11) is 6.27. The first-order valence-electron chi connectivity index (χ1n) is 13.6. The Balaban J connectivity index is 0.000000334. The summed E-state index contributed by atoms with van der Waals surface area (Å²) < 4.78 is 0. The standard InChI is InChI=1S/C18H32N6.C11H18/c1-22(2)17-14-16(19-15-8-6-4-5-7-9-15)20-18(21-17)24-12-10-23(3)11-13-24;1-4-5-6-7-8-9-10-11(2)3/h14-15H,4-13H2,1-3H3,(H,19,20,21);5-6,8-9H,2,4,7,10H2,1,3H3/b;6-5-,9-8-. The SMILES string of the molecule is C=C(C)C/C=C\C/C=C\CC.CN1CCN(c2nc(NC3CCCCCC3)cc(N(C)C)n2)CC1. The van der Waals surface area contributed by atoms with Crippen LogP contribution >= 0.6 is 0 Å². The lowest BCUT2D eigenvalue weighted by molar-refractivity contribution is 0.311. The van der Waals surface area contributed by atoms with Gasteiger partial charge in [0, 0.05) is 52.4 Å². The molecule has 1 saturated carbocycles. The molecule has 0 bridgehead atoms. The summed E-state index contributed by atoms with van der Waals surface area (Å²) in [6, 6.07) is 2.64. The fourth-order valence-corrected chi connectivity index (χ4v) is 4.23. The van der Waals surface area contributed by atoms with Crippen LogP contribution in [0.5, 0.6) is 0 Å². The second kappa shape index (κ2) is 16.4. The molecule has 1 aromatic rings. The molecule has 2 fully saturated rings. The van der Waals surface area contributed by atoms with Crippen LogP contribution in [0.1, 0.15) is 71.6 Å². The van der Waals surface area contributed by atoms with Crippen LogP contribution in [0.25, 0.3) is 0 Å². The topological polar surface area (TPSA) is 47.5 Å². The Kier molecular flexibility index (Phi) is 13.5. The molecule has 1 saturated heterocycles. The summed E-state index contributed by atoms with van der Waals surface area (Å²) in [6.45, 7) is 12.1. The zero-order valence-electron chi connectivity index (χ0n) is 23.1. The number of piperazine rings is 1. The van der Waals surface area contributed by atoms with Crippen molar-refractivity contribution < 1.29 is 0 Å². The van der Waals surface area contributed by atoms with Crippen molar-refractivity contribution in [2.45, 2.75) is 77.7 Å². The van der Waals surface area contributed by atoms with Crippen LogP contribution in [-0.4, -0.2) is 68.2 Å². The van der Waals surface area contributed by atoms with Gasteiger partial charge in [-0.1, -0.05) is 69.1 Å². The maximum Gasteiger partial charge on any atom is 0.229 e. The van der Waals surface area contributed by atoms with E-state index in [1.807, 2.05) is 21.0 Å². The lowest BCUT2D eigenvalue weighted by Gasteiger charge is -2.33. The highest BCUT2D eigenvalue weighted by atomic mass is 15.3. The second-order valence-electron chi connectivity index (χ2n) is 10.2. The van der Waals surface area contributed by atoms with Gasteiger partial charge in [0.1, 0.15) is 11.6 Å². The molecule has 2 aliphatic rings. The van der Waals surface area contributed by atoms with Gasteiger partial charge in [0.25, 0.3) is 0 Å². The van der Waals surface area contributed by atoms with E-state index in [0.717, 1.165) is 63.0 Å². The molecule has 0 radical (unpaired) electrons. The fraction of sp³-hybridized carbons (Fsp3) is 0.655. The minimum atomic E-state index is 0.553. The number of nitrogens with one attached hydrogen (secondary N) is 1. The van der Waals surface area contributed by atoms with Crippen LogP contribution in [0, 0.1) is 0 Å². The van der Waals surface area contributed by atoms with Crippen molar-refractivity contribution in [2.24, 2.45) is 0 Å². The summed E-state index contributed by atoms with van der Waals surface area (Å²) in [5.41, 5.74) is 1.22. The van der Waals surface area contributed by atoms with Crippen molar-refractivity contribution in [3.63, 3.8) is 0 Å². The fourth-order valence-electron chi connectivity index (χ4n) is 4.23. The predicted octanol–water partition coefficient (Wildman–Crippen LogP) is 6.29. The lowest BCUT2D eigenvalue weighted by Crippen LogP contribution is -2.45. The van der Waals surface area contributed by atoms with Crippen molar-refractivity contribution in [2.75, 3.05) is 62.4 Å². The molecule has 1 N–H and O–H groups in total. The molecule has 1 aromatic heterocycles. The largest absolute Gasteiger partial charge is 0.367 e. The molecule has 6 nitrogen and oxygen atoms in total. The second-order valence-corrected chi connectivity index (χ2v) is 10.2. The van der Waals surface area contributed by atoms with Gasteiger partial charge in [-0.2, -0.15) is 9.97 Å². The molecule has 0 amide bonds. The van der Waals surface area contributed by atoms with Crippen LogP contribution in [-0.2, 0) is 0 Å². The quantitative estimate of drug-likeness (QED) is 0.329. The Hall–Kier alpha value is -2.34. The van der Waals surface area contributed by atoms with E-state index >= 15 is 0 Å². The summed E-state index contributed by atoms with van der Waals surface area (Å²) >= 11 is 0. The van der Waals surface area contributed by atoms with Gasteiger partial charge in [-0.05, 0) is 46.1 Å². The molecule has 1 aliphatic heterocycles. The van der Waals surface area contributed by atoms with Gasteiger partial charge >= 0.3 is 0 Å². The van der Waals surface area contributed by atoms with Crippen molar-refractivity contribution in [3.05, 3.63) is 42.5 Å². The Bertz CT molecular complexity index is 784. The molecule has 1 aliphatic carbocycles. The van der Waals surface area contributed by atoms with Gasteiger partial charge in [0.15, 0.2) is 0 Å². The minimum Gasteiger partial charge on any atom is -0.367 e. The van der Waals surface area contributed by atoms with E-state index in [4.69, 9.17) is 9.97 Å². The Labute approximate surface area is 215 Å². The number of aromatic nitrogens is 2. The number of likely N-dealkylation sites (N-methyl/N-ethyl adjacent to an activating group) is 1. The Morgan fingerprint density at radius 3 is 2.29 bits per heavy atom. The lowest BCUT2D eigenvalue weighted by atomic mass is 10.1. The predicted molar refractivity (Wildman–Crippen MR) is 154 cm³/mol. The molecule has 0 unspecified atom stereocenters. The van der Waals surface area contributed by atoms with Crippen molar-refractivity contribution >= 4 is 17.6 Å². The number of rotatable bonds is 9. The van der Waals surface area contributed by atoms with Crippen molar-refractivity contribution in [3.8, 4) is 0 Å². The number of anilines is 3. The molecular formula is C29H50N6. The minimum absolute atomic E-state index is 0.553. The Morgan fingerprint density at radius 1 is 1.03 bits per heavy atom. The van der Waals surface area contributed by atoms with Crippen LogP contribution in [0.3, 0.4) is 0 Å². The normalized spacial score (nSPS) is 17.8. The molecule has 3 rings (SSSR count). The van der Waals surface area contributed by atoms with E-state index in [2.05, 4.69) is 70.9 Å². The highest BCUT2D eigenvalue weighted by Gasteiger charge is 2.19. The monoisotopic (exact) mass is 482 g/mol. The van der Waals surface area contributed by atoms with Crippen molar-refractivity contribution in [1.82, 2.24) is 14.9 Å². The molecule has 0 spiro atoms. The first kappa shape index (κ1) is 28.9. The molecule has 2 heterocycles. The van der Waals surface area contributed by atoms with Gasteiger partial charge in [0.05, 0.1) is 0 Å². The number of allylic oxidation sites excluding steroid dienone is 5. The Morgan fingerprint density at radius 2 is 1.69 bits per heavy atom. The van der Waals surface area contributed by atoms with Crippen molar-refractivity contribution in [1.29, 1.82) is 0 Å². The van der Waals surface area contributed by atoms with Crippen LogP contribution in [0.15, 0.2) is 42.5 Å². The van der Waals surface area contributed by atoms with E-state index in [9.17, 15) is 0 Å². The third-order valence-electron chi connectivity index (χ3n) is 6.46. The van der Waals surface area contributed by atoms with Crippen LogP contribution in [0.2, 0.25) is 0 Å². The van der Waals surface area contributed by atoms with Gasteiger partial charge in [-0.3, -0.25) is 0 Å². The highest BCUT2D eigenvalue weighted by Crippen LogP contribution is 2.24. The molecule has 196 valence electrons. The van der Waals surface area contributed by atoms with E-state index in [1.165, 1.54) is 44.1 Å². The number of hydrogen-bond acceptors (Lipinski definition) is 6. The average molecular weight is 483 g/mol. The summed E-state index contributed by atoms with van der Waals surface area (Å²) in [6.07, 6.45) is 19.8. The molecule has 35 heavy (non-hydrogen) atoms. The van der Waals surface area contributed by atoms with E-state index in [0.29, 0.717) is 6.04 Å². The maximum absolute atomic E-state index is 4.85. The zero-order chi connectivity index (χ0) is 25.5. The summed E-state index contributed by atoms with van der Waals surface area (Å²) in [4.78, 5) is 16.4. The first-order chi connectivity index (χ1) is 16.9.